The highest BCUT2D eigenvalue weighted by Gasteiger charge is 1.91. The Morgan fingerprint density at radius 2 is 2.30 bits per heavy atom. The van der Waals surface area contributed by atoms with Gasteiger partial charge in [0.15, 0.2) is 0 Å². The first kappa shape index (κ1) is 9.47. The quantitative estimate of drug-likeness (QED) is 0.434. The molecule has 0 unspecified atom stereocenters. The number of carbonyl (C=O) groups is 1. The summed E-state index contributed by atoms with van der Waals surface area (Å²) in [6, 6.07) is 0. The zero-order chi connectivity index (χ0) is 7.82. The van der Waals surface area contributed by atoms with Gasteiger partial charge in [-0.2, -0.15) is 0 Å². The van der Waals surface area contributed by atoms with Gasteiger partial charge in [0.05, 0.1) is 6.61 Å². The van der Waals surface area contributed by atoms with Gasteiger partial charge >= 0.3 is 5.97 Å². The standard InChI is InChI=1S/C8H15O2/c1-3-4-5-6-7-10-8(2)9/h4H,3,5-7H2,1-2H3. The Balaban J connectivity index is 2.84. The summed E-state index contributed by atoms with van der Waals surface area (Å²) in [4.78, 5) is 10.2. The molecular weight excluding hydrogens is 128 g/mol. The van der Waals surface area contributed by atoms with Gasteiger partial charge in [-0.05, 0) is 19.3 Å². The Kier molecular flexibility index (Phi) is 6.24. The lowest BCUT2D eigenvalue weighted by Gasteiger charge is -1.99. The number of hydrogen-bond acceptors (Lipinski definition) is 2. The van der Waals surface area contributed by atoms with E-state index in [1.54, 1.807) is 0 Å². The summed E-state index contributed by atoms with van der Waals surface area (Å²) in [5.74, 6) is -0.184. The summed E-state index contributed by atoms with van der Waals surface area (Å²) in [5, 5.41) is 0. The molecule has 0 spiro atoms. The highest BCUT2D eigenvalue weighted by atomic mass is 16.5. The molecule has 0 heterocycles. The van der Waals surface area contributed by atoms with Gasteiger partial charge in [0.25, 0.3) is 0 Å². The number of hydrogen-bond donors (Lipinski definition) is 0. The van der Waals surface area contributed by atoms with E-state index in [0.717, 1.165) is 19.3 Å². The number of carbonyl (C=O) groups excluding carboxylic acids is 1. The lowest BCUT2D eigenvalue weighted by atomic mass is 10.2. The molecule has 0 aromatic carbocycles. The van der Waals surface area contributed by atoms with Gasteiger partial charge < -0.3 is 4.74 Å². The van der Waals surface area contributed by atoms with Crippen LogP contribution in [0.4, 0.5) is 0 Å². The minimum Gasteiger partial charge on any atom is -0.466 e. The van der Waals surface area contributed by atoms with Crippen molar-refractivity contribution in [1.82, 2.24) is 0 Å². The molecule has 2 nitrogen and oxygen atoms in total. The fraction of sp³-hybridized carbons (Fsp3) is 0.750. The SMILES string of the molecule is CC[CH]CCCOC(C)=O. The topological polar surface area (TPSA) is 26.3 Å². The zero-order valence-electron chi connectivity index (χ0n) is 6.72. The average molecular weight is 143 g/mol. The predicted octanol–water partition coefficient (Wildman–Crippen LogP) is 1.94. The van der Waals surface area contributed by atoms with E-state index in [2.05, 4.69) is 13.3 Å². The highest BCUT2D eigenvalue weighted by Crippen LogP contribution is 1.97. The van der Waals surface area contributed by atoms with E-state index in [-0.39, 0.29) is 5.97 Å². The van der Waals surface area contributed by atoms with Crippen LogP contribution in [0.15, 0.2) is 0 Å². The third kappa shape index (κ3) is 7.47. The van der Waals surface area contributed by atoms with Gasteiger partial charge in [0.1, 0.15) is 0 Å². The molecule has 0 fully saturated rings. The third-order valence-electron chi connectivity index (χ3n) is 1.15. The maximum absolute atomic E-state index is 10.2. The average Bonchev–Trinajstić information content (AvgIpc) is 1.87. The minimum atomic E-state index is -0.184. The van der Waals surface area contributed by atoms with Crippen LogP contribution in [0.1, 0.15) is 33.1 Å². The van der Waals surface area contributed by atoms with Crippen molar-refractivity contribution in [1.29, 1.82) is 0 Å². The van der Waals surface area contributed by atoms with Crippen LogP contribution in [-0.4, -0.2) is 12.6 Å². The monoisotopic (exact) mass is 143 g/mol. The van der Waals surface area contributed by atoms with Crippen LogP contribution in [0.5, 0.6) is 0 Å². The van der Waals surface area contributed by atoms with Crippen molar-refractivity contribution >= 4 is 5.97 Å². The summed E-state index contributed by atoms with van der Waals surface area (Å²) >= 11 is 0. The molecule has 0 N–H and O–H groups in total. The van der Waals surface area contributed by atoms with Gasteiger partial charge in [-0.25, -0.2) is 0 Å². The first-order valence-corrected chi connectivity index (χ1v) is 3.72. The molecule has 10 heavy (non-hydrogen) atoms. The van der Waals surface area contributed by atoms with Gasteiger partial charge in [0.2, 0.25) is 0 Å². The summed E-state index contributed by atoms with van der Waals surface area (Å²) in [6.45, 7) is 4.10. The normalized spacial score (nSPS) is 9.40. The van der Waals surface area contributed by atoms with Gasteiger partial charge in [0, 0.05) is 6.92 Å². The Bertz CT molecular complexity index is 89.3. The molecule has 0 aromatic rings. The first-order valence-electron chi connectivity index (χ1n) is 3.72. The Morgan fingerprint density at radius 3 is 2.80 bits per heavy atom. The van der Waals surface area contributed by atoms with Crippen LogP contribution in [0.2, 0.25) is 0 Å². The van der Waals surface area contributed by atoms with Crippen molar-refractivity contribution in [2.45, 2.75) is 33.1 Å². The highest BCUT2D eigenvalue weighted by molar-refractivity contribution is 5.65. The lowest BCUT2D eigenvalue weighted by molar-refractivity contribution is -0.141. The van der Waals surface area contributed by atoms with Crippen molar-refractivity contribution in [3.05, 3.63) is 6.42 Å². The van der Waals surface area contributed by atoms with E-state index < -0.39 is 0 Å². The van der Waals surface area contributed by atoms with E-state index >= 15 is 0 Å². The Morgan fingerprint density at radius 1 is 1.60 bits per heavy atom. The van der Waals surface area contributed by atoms with Crippen molar-refractivity contribution < 1.29 is 9.53 Å². The van der Waals surface area contributed by atoms with E-state index in [1.807, 2.05) is 0 Å². The molecule has 0 rings (SSSR count). The number of ether oxygens (including phenoxy) is 1. The molecule has 0 atom stereocenters. The largest absolute Gasteiger partial charge is 0.466 e. The van der Waals surface area contributed by atoms with Gasteiger partial charge in [-0.3, -0.25) is 4.79 Å². The van der Waals surface area contributed by atoms with E-state index in [4.69, 9.17) is 4.74 Å². The van der Waals surface area contributed by atoms with Gasteiger partial charge in [-0.1, -0.05) is 13.3 Å². The van der Waals surface area contributed by atoms with Crippen LogP contribution >= 0.6 is 0 Å². The number of rotatable bonds is 5. The smallest absolute Gasteiger partial charge is 0.302 e. The molecule has 0 aromatic heterocycles. The van der Waals surface area contributed by atoms with Crippen LogP contribution in [0.25, 0.3) is 0 Å². The molecule has 1 radical (unpaired) electrons. The zero-order valence-corrected chi connectivity index (χ0v) is 6.72. The Hall–Kier alpha value is -0.530. The maximum atomic E-state index is 10.2. The summed E-state index contributed by atoms with van der Waals surface area (Å²) in [7, 11) is 0. The van der Waals surface area contributed by atoms with Crippen LogP contribution in [-0.2, 0) is 9.53 Å². The van der Waals surface area contributed by atoms with Crippen LogP contribution in [0.3, 0.4) is 0 Å². The second-order valence-electron chi connectivity index (χ2n) is 2.18. The predicted molar refractivity (Wildman–Crippen MR) is 40.5 cm³/mol. The molecule has 0 bridgehead atoms. The second-order valence-corrected chi connectivity index (χ2v) is 2.18. The van der Waals surface area contributed by atoms with Crippen LogP contribution in [0, 0.1) is 6.42 Å². The second kappa shape index (κ2) is 6.59. The van der Waals surface area contributed by atoms with Crippen molar-refractivity contribution in [3.63, 3.8) is 0 Å². The summed E-state index contributed by atoms with van der Waals surface area (Å²) in [6.07, 6.45) is 5.28. The summed E-state index contributed by atoms with van der Waals surface area (Å²) in [5.41, 5.74) is 0. The summed E-state index contributed by atoms with van der Waals surface area (Å²) < 4.78 is 4.73. The minimum absolute atomic E-state index is 0.184. The number of unbranched alkanes of at least 4 members (excludes halogenated alkanes) is 3. The molecule has 0 aliphatic heterocycles. The molecule has 0 amide bonds. The molecule has 2 heteroatoms. The molecular formula is C8H15O2. The van der Waals surface area contributed by atoms with Crippen LogP contribution < -0.4 is 0 Å². The fourth-order valence-electron chi connectivity index (χ4n) is 0.648. The first-order chi connectivity index (χ1) is 4.77. The Labute approximate surface area is 62.6 Å². The molecule has 0 saturated carbocycles. The van der Waals surface area contributed by atoms with Crippen molar-refractivity contribution in [3.8, 4) is 0 Å². The van der Waals surface area contributed by atoms with E-state index in [9.17, 15) is 4.79 Å². The fourth-order valence-corrected chi connectivity index (χ4v) is 0.648. The third-order valence-corrected chi connectivity index (χ3v) is 1.15. The van der Waals surface area contributed by atoms with E-state index in [0.29, 0.717) is 6.61 Å². The number of esters is 1. The van der Waals surface area contributed by atoms with E-state index in [1.165, 1.54) is 6.92 Å². The molecule has 0 aliphatic carbocycles. The molecule has 59 valence electrons. The lowest BCUT2D eigenvalue weighted by Crippen LogP contribution is -1.99. The molecule has 0 saturated heterocycles. The van der Waals surface area contributed by atoms with Gasteiger partial charge in [-0.15, -0.1) is 0 Å². The maximum Gasteiger partial charge on any atom is 0.302 e. The van der Waals surface area contributed by atoms with Crippen molar-refractivity contribution in [2.24, 2.45) is 0 Å². The van der Waals surface area contributed by atoms with Crippen molar-refractivity contribution in [2.75, 3.05) is 6.61 Å². The molecule has 0 aliphatic rings.